The summed E-state index contributed by atoms with van der Waals surface area (Å²) in [6.45, 7) is 5.11. The van der Waals surface area contributed by atoms with Gasteiger partial charge >= 0.3 is 0 Å². The predicted molar refractivity (Wildman–Crippen MR) is 109 cm³/mol. The maximum atomic E-state index is 12.6. The number of fused-ring (bicyclic) bond motifs is 3. The van der Waals surface area contributed by atoms with E-state index in [9.17, 15) is 4.79 Å². The van der Waals surface area contributed by atoms with Gasteiger partial charge in [0.1, 0.15) is 0 Å². The molecule has 2 heterocycles. The van der Waals surface area contributed by atoms with Crippen LogP contribution in [0.4, 0.5) is 0 Å². The summed E-state index contributed by atoms with van der Waals surface area (Å²) >= 11 is 0. The molecule has 0 aliphatic rings. The number of aromatic nitrogens is 4. The van der Waals surface area contributed by atoms with Crippen LogP contribution in [0.2, 0.25) is 0 Å². The van der Waals surface area contributed by atoms with E-state index in [1.165, 1.54) is 5.56 Å². The van der Waals surface area contributed by atoms with E-state index in [0.717, 1.165) is 28.5 Å². The molecule has 6 nitrogen and oxygen atoms in total. The molecule has 4 aromatic rings. The van der Waals surface area contributed by atoms with Gasteiger partial charge in [-0.05, 0) is 41.0 Å². The maximum Gasteiger partial charge on any atom is 0.222 e. The molecule has 0 atom stereocenters. The quantitative estimate of drug-likeness (QED) is 0.518. The normalized spacial score (nSPS) is 11.2. The second-order valence-electron chi connectivity index (χ2n) is 7.00. The molecular formula is C22H23N5O. The van der Waals surface area contributed by atoms with Gasteiger partial charge in [0.2, 0.25) is 5.91 Å². The molecule has 0 bridgehead atoms. The van der Waals surface area contributed by atoms with Gasteiger partial charge in [0.05, 0.1) is 5.52 Å². The van der Waals surface area contributed by atoms with E-state index >= 15 is 0 Å². The Morgan fingerprint density at radius 3 is 2.71 bits per heavy atom. The van der Waals surface area contributed by atoms with Crippen LogP contribution in [0.15, 0.2) is 54.6 Å². The molecule has 28 heavy (non-hydrogen) atoms. The van der Waals surface area contributed by atoms with E-state index in [2.05, 4.69) is 52.8 Å². The highest BCUT2D eigenvalue weighted by Gasteiger charge is 2.17. The molecule has 0 fully saturated rings. The maximum absolute atomic E-state index is 12.6. The molecule has 4 rings (SSSR count). The van der Waals surface area contributed by atoms with Crippen LogP contribution in [-0.2, 0) is 17.8 Å². The number of carbonyl (C=O) groups is 1. The van der Waals surface area contributed by atoms with Gasteiger partial charge in [-0.25, -0.2) is 0 Å². The number of pyridine rings is 1. The molecule has 0 saturated carbocycles. The third kappa shape index (κ3) is 3.45. The van der Waals surface area contributed by atoms with Crippen molar-refractivity contribution in [2.24, 2.45) is 0 Å². The van der Waals surface area contributed by atoms with Crippen molar-refractivity contribution in [1.29, 1.82) is 0 Å². The number of carbonyl (C=O) groups excluding carboxylic acids is 1. The molecule has 0 aliphatic heterocycles. The van der Waals surface area contributed by atoms with Crippen molar-refractivity contribution in [2.75, 3.05) is 6.54 Å². The summed E-state index contributed by atoms with van der Waals surface area (Å²) in [7, 11) is 0. The number of hydrogen-bond acceptors (Lipinski definition) is 4. The molecule has 6 heteroatoms. The fraction of sp³-hybridized carbons (Fsp3) is 0.273. The Kier molecular flexibility index (Phi) is 5.02. The molecule has 0 unspecified atom stereocenters. The Hall–Kier alpha value is -3.28. The van der Waals surface area contributed by atoms with Crippen molar-refractivity contribution in [3.8, 4) is 0 Å². The van der Waals surface area contributed by atoms with Crippen LogP contribution in [0.1, 0.15) is 30.0 Å². The van der Waals surface area contributed by atoms with Gasteiger partial charge in [-0.2, -0.15) is 4.52 Å². The average Bonchev–Trinajstić information content (AvgIpc) is 3.21. The molecule has 0 saturated heterocycles. The van der Waals surface area contributed by atoms with Gasteiger partial charge in [0, 0.05) is 30.5 Å². The molecule has 0 N–H and O–H groups in total. The number of tetrazole rings is 1. The smallest absolute Gasteiger partial charge is 0.222 e. The number of hydrogen-bond donors (Lipinski definition) is 0. The van der Waals surface area contributed by atoms with Crippen molar-refractivity contribution in [1.82, 2.24) is 24.9 Å². The zero-order valence-corrected chi connectivity index (χ0v) is 16.2. The number of amides is 1. The largest absolute Gasteiger partial charge is 0.338 e. The molecular weight excluding hydrogens is 350 g/mol. The molecule has 2 aromatic heterocycles. The Morgan fingerprint density at radius 1 is 1.11 bits per heavy atom. The Morgan fingerprint density at radius 2 is 1.93 bits per heavy atom. The van der Waals surface area contributed by atoms with E-state index in [1.807, 2.05) is 36.1 Å². The van der Waals surface area contributed by atoms with Crippen LogP contribution in [0.25, 0.3) is 16.6 Å². The monoisotopic (exact) mass is 373 g/mol. The molecule has 142 valence electrons. The van der Waals surface area contributed by atoms with Crippen molar-refractivity contribution in [3.05, 3.63) is 71.3 Å². The number of benzene rings is 2. The zero-order chi connectivity index (χ0) is 19.5. The lowest BCUT2D eigenvalue weighted by Crippen LogP contribution is -2.32. The third-order valence-electron chi connectivity index (χ3n) is 5.10. The first-order valence-corrected chi connectivity index (χ1v) is 9.58. The van der Waals surface area contributed by atoms with Gasteiger partial charge in [-0.3, -0.25) is 4.79 Å². The topological polar surface area (TPSA) is 63.4 Å². The van der Waals surface area contributed by atoms with Crippen LogP contribution in [0.5, 0.6) is 0 Å². The number of aryl methyl sites for hydroxylation is 1. The van der Waals surface area contributed by atoms with Crippen LogP contribution in [0, 0.1) is 6.92 Å². The van der Waals surface area contributed by atoms with Gasteiger partial charge in [-0.1, -0.05) is 55.5 Å². The highest BCUT2D eigenvalue weighted by molar-refractivity contribution is 5.86. The first-order valence-electron chi connectivity index (χ1n) is 9.58. The zero-order valence-electron chi connectivity index (χ0n) is 16.2. The summed E-state index contributed by atoms with van der Waals surface area (Å²) in [4.78, 5) is 14.5. The Bertz CT molecular complexity index is 1120. The van der Waals surface area contributed by atoms with Crippen LogP contribution in [0.3, 0.4) is 0 Å². The summed E-state index contributed by atoms with van der Waals surface area (Å²) < 4.78 is 1.78. The summed E-state index contributed by atoms with van der Waals surface area (Å²) in [5, 5.41) is 13.4. The Balaban J connectivity index is 1.68. The molecule has 0 spiro atoms. The fourth-order valence-corrected chi connectivity index (χ4v) is 3.62. The van der Waals surface area contributed by atoms with Gasteiger partial charge in [-0.15, -0.1) is 5.10 Å². The number of rotatable bonds is 6. The average molecular weight is 373 g/mol. The second-order valence-corrected chi connectivity index (χ2v) is 7.00. The number of nitrogens with zero attached hydrogens (tertiary/aromatic N) is 5. The standard InChI is InChI=1S/C22H23N5O/c1-3-20(28)26(13-12-17-9-5-4-6-10-17)15-19-14-18-11-7-8-16(2)21(18)27-22(19)23-24-25-27/h4-11,14H,3,12-13,15H2,1-2H3. The van der Waals surface area contributed by atoms with E-state index in [-0.39, 0.29) is 5.91 Å². The van der Waals surface area contributed by atoms with Crippen molar-refractivity contribution in [2.45, 2.75) is 33.2 Å². The highest BCUT2D eigenvalue weighted by atomic mass is 16.2. The van der Waals surface area contributed by atoms with Crippen LogP contribution < -0.4 is 0 Å². The summed E-state index contributed by atoms with van der Waals surface area (Å²) in [5.41, 5.74) is 5.00. The minimum Gasteiger partial charge on any atom is -0.338 e. The van der Waals surface area contributed by atoms with E-state index in [1.54, 1.807) is 4.52 Å². The first kappa shape index (κ1) is 18.1. The highest BCUT2D eigenvalue weighted by Crippen LogP contribution is 2.23. The molecule has 1 amide bonds. The third-order valence-corrected chi connectivity index (χ3v) is 5.10. The van der Waals surface area contributed by atoms with Crippen LogP contribution in [-0.4, -0.2) is 37.4 Å². The van der Waals surface area contributed by atoms with Crippen molar-refractivity contribution < 1.29 is 4.79 Å². The van der Waals surface area contributed by atoms with Gasteiger partial charge in [0.15, 0.2) is 5.65 Å². The molecule has 2 aromatic carbocycles. The SMILES string of the molecule is CCC(=O)N(CCc1ccccc1)Cc1cc2cccc(C)c2n2nnnc12. The summed E-state index contributed by atoms with van der Waals surface area (Å²) in [6.07, 6.45) is 1.29. The molecule has 0 aliphatic carbocycles. The first-order chi connectivity index (χ1) is 13.7. The number of para-hydroxylation sites is 1. The van der Waals surface area contributed by atoms with Gasteiger partial charge < -0.3 is 4.90 Å². The predicted octanol–water partition coefficient (Wildman–Crippen LogP) is 3.57. The minimum atomic E-state index is 0.130. The molecule has 0 radical (unpaired) electrons. The summed E-state index contributed by atoms with van der Waals surface area (Å²) in [6, 6.07) is 18.5. The lowest BCUT2D eigenvalue weighted by atomic mass is 10.1. The fourth-order valence-electron chi connectivity index (χ4n) is 3.62. The van der Waals surface area contributed by atoms with E-state index < -0.39 is 0 Å². The van der Waals surface area contributed by atoms with E-state index in [4.69, 9.17) is 0 Å². The lowest BCUT2D eigenvalue weighted by molar-refractivity contribution is -0.131. The summed E-state index contributed by atoms with van der Waals surface area (Å²) in [5.74, 6) is 0.130. The van der Waals surface area contributed by atoms with Gasteiger partial charge in [0.25, 0.3) is 0 Å². The lowest BCUT2D eigenvalue weighted by Gasteiger charge is -2.23. The van der Waals surface area contributed by atoms with Crippen molar-refractivity contribution in [3.63, 3.8) is 0 Å². The van der Waals surface area contributed by atoms with E-state index in [0.29, 0.717) is 25.2 Å². The van der Waals surface area contributed by atoms with Crippen molar-refractivity contribution >= 4 is 22.5 Å². The Labute approximate surface area is 163 Å². The second kappa shape index (κ2) is 7.76. The van der Waals surface area contributed by atoms with Crippen LogP contribution >= 0.6 is 0 Å². The minimum absolute atomic E-state index is 0.130.